The van der Waals surface area contributed by atoms with Crippen molar-refractivity contribution < 1.29 is 14.1 Å². The van der Waals surface area contributed by atoms with Crippen LogP contribution in [0.1, 0.15) is 23.0 Å². The Morgan fingerprint density at radius 2 is 2.06 bits per heavy atom. The van der Waals surface area contributed by atoms with Gasteiger partial charge in [-0.25, -0.2) is 4.79 Å². The van der Waals surface area contributed by atoms with Gasteiger partial charge in [-0.2, -0.15) is 0 Å². The van der Waals surface area contributed by atoms with E-state index in [-0.39, 0.29) is 5.69 Å². The summed E-state index contributed by atoms with van der Waals surface area (Å²) in [6.07, 6.45) is 0.665. The van der Waals surface area contributed by atoms with E-state index >= 15 is 0 Å². The Labute approximate surface area is 99.2 Å². The molecule has 0 bridgehead atoms. The van der Waals surface area contributed by atoms with E-state index in [0.717, 1.165) is 11.1 Å². The maximum atomic E-state index is 11.5. The molecule has 0 aliphatic carbocycles. The minimum atomic E-state index is -0.465. The van der Waals surface area contributed by atoms with Gasteiger partial charge in [-0.1, -0.05) is 42.4 Å². The Hall–Kier alpha value is -2.10. The second-order valence-electron chi connectivity index (χ2n) is 3.55. The molecule has 2 aromatic rings. The zero-order valence-electron chi connectivity index (χ0n) is 9.77. The fourth-order valence-corrected chi connectivity index (χ4v) is 1.71. The summed E-state index contributed by atoms with van der Waals surface area (Å²) >= 11 is 0. The quantitative estimate of drug-likeness (QED) is 0.762. The van der Waals surface area contributed by atoms with Gasteiger partial charge in [0.05, 0.1) is 7.11 Å². The molecule has 4 nitrogen and oxygen atoms in total. The number of ether oxygens (including phenoxy) is 1. The third-order valence-corrected chi connectivity index (χ3v) is 2.56. The van der Waals surface area contributed by atoms with Gasteiger partial charge in [0.2, 0.25) is 0 Å². The van der Waals surface area contributed by atoms with Crippen LogP contribution in [0.2, 0.25) is 0 Å². The molecule has 0 radical (unpaired) electrons. The van der Waals surface area contributed by atoms with Crippen LogP contribution < -0.4 is 0 Å². The number of methoxy groups -OCH3 is 1. The lowest BCUT2D eigenvalue weighted by atomic mass is 10.0. The minimum absolute atomic E-state index is 0.258. The Kier molecular flexibility index (Phi) is 3.23. The van der Waals surface area contributed by atoms with Crippen molar-refractivity contribution in [1.29, 1.82) is 0 Å². The number of hydrogen-bond acceptors (Lipinski definition) is 4. The van der Waals surface area contributed by atoms with Gasteiger partial charge in [0.25, 0.3) is 0 Å². The first-order valence-corrected chi connectivity index (χ1v) is 5.40. The molecule has 0 unspecified atom stereocenters. The highest BCUT2D eigenvalue weighted by atomic mass is 16.5. The first kappa shape index (κ1) is 11.4. The van der Waals surface area contributed by atoms with Gasteiger partial charge in [0.1, 0.15) is 0 Å². The summed E-state index contributed by atoms with van der Waals surface area (Å²) in [7, 11) is 1.33. The van der Waals surface area contributed by atoms with Crippen molar-refractivity contribution in [3.63, 3.8) is 0 Å². The normalized spacial score (nSPS) is 10.2. The third kappa shape index (κ3) is 2.06. The maximum absolute atomic E-state index is 11.5. The number of aromatic nitrogens is 1. The number of benzene rings is 1. The Bertz CT molecular complexity index is 517. The molecular weight excluding hydrogens is 218 g/mol. The molecular formula is C13H13NO3. The fraction of sp³-hybridized carbons (Fsp3) is 0.231. The highest BCUT2D eigenvalue weighted by molar-refractivity contribution is 5.90. The molecule has 1 heterocycles. The average molecular weight is 231 g/mol. The van der Waals surface area contributed by atoms with E-state index < -0.39 is 5.97 Å². The fourth-order valence-electron chi connectivity index (χ4n) is 1.71. The Morgan fingerprint density at radius 1 is 1.35 bits per heavy atom. The predicted octanol–water partition coefficient (Wildman–Crippen LogP) is 2.69. The molecule has 0 saturated carbocycles. The molecule has 1 aromatic carbocycles. The van der Waals surface area contributed by atoms with Crippen LogP contribution in [-0.4, -0.2) is 18.2 Å². The molecule has 2 rings (SSSR count). The molecule has 0 saturated heterocycles. The van der Waals surface area contributed by atoms with E-state index in [0.29, 0.717) is 12.2 Å². The molecule has 17 heavy (non-hydrogen) atoms. The van der Waals surface area contributed by atoms with Gasteiger partial charge in [0, 0.05) is 11.1 Å². The maximum Gasteiger partial charge on any atom is 0.360 e. The van der Waals surface area contributed by atoms with Gasteiger partial charge in [0.15, 0.2) is 11.5 Å². The zero-order chi connectivity index (χ0) is 12.3. The van der Waals surface area contributed by atoms with Crippen molar-refractivity contribution in [1.82, 2.24) is 5.16 Å². The average Bonchev–Trinajstić information content (AvgIpc) is 2.82. The summed E-state index contributed by atoms with van der Waals surface area (Å²) in [4.78, 5) is 11.5. The van der Waals surface area contributed by atoms with Gasteiger partial charge >= 0.3 is 5.97 Å². The molecule has 0 fully saturated rings. The monoisotopic (exact) mass is 231 g/mol. The van der Waals surface area contributed by atoms with Crippen LogP contribution >= 0.6 is 0 Å². The number of nitrogens with zero attached hydrogens (tertiary/aromatic N) is 1. The highest BCUT2D eigenvalue weighted by Gasteiger charge is 2.21. The van der Waals surface area contributed by atoms with E-state index in [1.807, 2.05) is 37.3 Å². The number of rotatable bonds is 3. The minimum Gasteiger partial charge on any atom is -0.464 e. The summed E-state index contributed by atoms with van der Waals surface area (Å²) in [5, 5.41) is 3.78. The van der Waals surface area contributed by atoms with Crippen LogP contribution in [0.4, 0.5) is 0 Å². The van der Waals surface area contributed by atoms with Crippen molar-refractivity contribution in [2.45, 2.75) is 13.3 Å². The summed E-state index contributed by atoms with van der Waals surface area (Å²) in [6.45, 7) is 1.95. The van der Waals surface area contributed by atoms with Gasteiger partial charge < -0.3 is 9.26 Å². The first-order valence-electron chi connectivity index (χ1n) is 5.40. The molecule has 0 N–H and O–H groups in total. The molecule has 0 spiro atoms. The van der Waals surface area contributed by atoms with Crippen molar-refractivity contribution >= 4 is 5.97 Å². The second kappa shape index (κ2) is 4.82. The topological polar surface area (TPSA) is 52.3 Å². The molecule has 0 amide bonds. The molecule has 1 aromatic heterocycles. The molecule has 4 heteroatoms. The lowest BCUT2D eigenvalue weighted by Gasteiger charge is -1.99. The van der Waals surface area contributed by atoms with Crippen molar-refractivity contribution in [2.75, 3.05) is 7.11 Å². The van der Waals surface area contributed by atoms with Crippen LogP contribution in [0.5, 0.6) is 0 Å². The SMILES string of the molecule is CCc1c(C(=O)OC)noc1-c1ccccc1. The third-order valence-electron chi connectivity index (χ3n) is 2.56. The molecule has 0 aliphatic heterocycles. The Balaban J connectivity index is 2.50. The standard InChI is InChI=1S/C13H13NO3/c1-3-10-11(13(15)16-2)14-17-12(10)9-7-5-4-6-8-9/h4-8H,3H2,1-2H3. The summed E-state index contributed by atoms with van der Waals surface area (Å²) in [6, 6.07) is 9.58. The zero-order valence-corrected chi connectivity index (χ0v) is 9.77. The van der Waals surface area contributed by atoms with Crippen LogP contribution in [0.15, 0.2) is 34.9 Å². The van der Waals surface area contributed by atoms with Gasteiger partial charge in [-0.3, -0.25) is 0 Å². The number of esters is 1. The van der Waals surface area contributed by atoms with Crippen LogP contribution in [0.25, 0.3) is 11.3 Å². The highest BCUT2D eigenvalue weighted by Crippen LogP contribution is 2.26. The summed E-state index contributed by atoms with van der Waals surface area (Å²) in [5.74, 6) is 0.168. The van der Waals surface area contributed by atoms with E-state index in [4.69, 9.17) is 4.52 Å². The first-order chi connectivity index (χ1) is 8.27. The predicted molar refractivity (Wildman–Crippen MR) is 62.7 cm³/mol. The van der Waals surface area contributed by atoms with E-state index in [1.54, 1.807) is 0 Å². The lowest BCUT2D eigenvalue weighted by Crippen LogP contribution is -2.04. The number of carbonyl (C=O) groups excluding carboxylic acids is 1. The molecule has 88 valence electrons. The van der Waals surface area contributed by atoms with Crippen molar-refractivity contribution in [2.24, 2.45) is 0 Å². The van der Waals surface area contributed by atoms with Crippen LogP contribution in [0, 0.1) is 0 Å². The number of carbonyl (C=O) groups is 1. The smallest absolute Gasteiger partial charge is 0.360 e. The van der Waals surface area contributed by atoms with E-state index in [9.17, 15) is 4.79 Å². The van der Waals surface area contributed by atoms with Crippen LogP contribution in [-0.2, 0) is 11.2 Å². The number of hydrogen-bond donors (Lipinski definition) is 0. The van der Waals surface area contributed by atoms with Gasteiger partial charge in [-0.15, -0.1) is 0 Å². The van der Waals surface area contributed by atoms with E-state index in [2.05, 4.69) is 9.89 Å². The molecule has 0 aliphatic rings. The van der Waals surface area contributed by atoms with Crippen molar-refractivity contribution in [3.8, 4) is 11.3 Å². The Morgan fingerprint density at radius 3 is 2.65 bits per heavy atom. The lowest BCUT2D eigenvalue weighted by molar-refractivity contribution is 0.0588. The molecule has 0 atom stereocenters. The summed E-state index contributed by atoms with van der Waals surface area (Å²) in [5.41, 5.74) is 1.95. The second-order valence-corrected chi connectivity index (χ2v) is 3.55. The van der Waals surface area contributed by atoms with E-state index in [1.165, 1.54) is 7.11 Å². The summed E-state index contributed by atoms with van der Waals surface area (Å²) < 4.78 is 9.91. The van der Waals surface area contributed by atoms with Crippen molar-refractivity contribution in [3.05, 3.63) is 41.6 Å². The van der Waals surface area contributed by atoms with Crippen LogP contribution in [0.3, 0.4) is 0 Å². The largest absolute Gasteiger partial charge is 0.464 e. The van der Waals surface area contributed by atoms with Gasteiger partial charge in [-0.05, 0) is 6.42 Å².